The van der Waals surface area contributed by atoms with Crippen LogP contribution in [0.2, 0.25) is 0 Å². The molecule has 16 unspecified atom stereocenters. The molecule has 6 saturated carbocycles. The number of benzene rings is 1. The van der Waals surface area contributed by atoms with E-state index in [0.717, 1.165) is 106 Å². The molecule has 1 heterocycles. The third kappa shape index (κ3) is 5.05. The second kappa shape index (κ2) is 13.2. The van der Waals surface area contributed by atoms with Gasteiger partial charge in [0.05, 0.1) is 12.5 Å². The van der Waals surface area contributed by atoms with Crippen molar-refractivity contribution >= 4 is 23.3 Å². The standard InChI is InChI=1S/C58H76O9/c1-31-26-39-52(7,46(62)44(31)61)21-25-53(8)38-15-14-33-34(50(38,5)19-23-55(39,53)10)28-42(60)58(64)57(33,12)66-37-27-35-43(32(2)45(37)67-58)36(59)29-40-51(35,6)20-24-56(11)41-30-49(4,47(63)65-13)17-16-48(41,3)18-22-54(40,56)9/h14,27-29,31,38-39,41,46,62,64H,15-26,30H2,1-13H3. The second-order valence-electron chi connectivity index (χ2n) is 26.7. The van der Waals surface area contributed by atoms with E-state index in [-0.39, 0.29) is 74.0 Å². The van der Waals surface area contributed by atoms with E-state index in [4.69, 9.17) is 14.2 Å². The maximum absolute atomic E-state index is 14.8. The topological polar surface area (TPSA) is 136 Å². The smallest absolute Gasteiger partial charge is 0.317 e. The number of ether oxygens (including phenoxy) is 3. The summed E-state index contributed by atoms with van der Waals surface area (Å²) in [6.07, 6.45) is 15.9. The number of esters is 1. The van der Waals surface area contributed by atoms with Crippen LogP contribution in [0.25, 0.3) is 0 Å². The first-order valence-corrected chi connectivity index (χ1v) is 25.9. The molecule has 1 aliphatic heterocycles. The van der Waals surface area contributed by atoms with E-state index in [1.807, 2.05) is 32.9 Å². The minimum Gasteiger partial charge on any atom is -0.471 e. The highest BCUT2D eigenvalue weighted by molar-refractivity contribution is 6.10. The van der Waals surface area contributed by atoms with Gasteiger partial charge in [-0.2, -0.15) is 0 Å². The number of ketones is 3. The van der Waals surface area contributed by atoms with E-state index in [2.05, 4.69) is 68.4 Å². The minimum atomic E-state index is -2.37. The Morgan fingerprint density at radius 2 is 1.42 bits per heavy atom. The van der Waals surface area contributed by atoms with E-state index in [1.54, 1.807) is 6.08 Å². The fourth-order valence-corrected chi connectivity index (χ4v) is 19.1. The lowest BCUT2D eigenvalue weighted by molar-refractivity contribution is -0.238. The minimum absolute atomic E-state index is 0.0223. The molecule has 67 heavy (non-hydrogen) atoms. The zero-order valence-corrected chi connectivity index (χ0v) is 42.6. The molecule has 0 saturated heterocycles. The average Bonchev–Trinajstić information content (AvgIpc) is 3.27. The Balaban J connectivity index is 0.967. The van der Waals surface area contributed by atoms with Crippen LogP contribution in [0, 0.1) is 73.9 Å². The summed E-state index contributed by atoms with van der Waals surface area (Å²) in [4.78, 5) is 56.2. The lowest BCUT2D eigenvalue weighted by Crippen LogP contribution is -2.71. The van der Waals surface area contributed by atoms with Gasteiger partial charge in [0.25, 0.3) is 0 Å². The number of hydrogen-bond acceptors (Lipinski definition) is 9. The number of fused-ring (bicyclic) bond motifs is 17. The Hall–Kier alpha value is -3.56. The van der Waals surface area contributed by atoms with Crippen molar-refractivity contribution in [3.8, 4) is 11.5 Å². The molecule has 0 bridgehead atoms. The number of carbonyl (C=O) groups is 4. The summed E-state index contributed by atoms with van der Waals surface area (Å²) >= 11 is 0. The molecule has 0 spiro atoms. The van der Waals surface area contributed by atoms with Crippen LogP contribution in [0.4, 0.5) is 0 Å². The van der Waals surface area contributed by atoms with Crippen molar-refractivity contribution in [2.45, 2.75) is 189 Å². The lowest BCUT2D eigenvalue weighted by atomic mass is 9.32. The maximum atomic E-state index is 14.8. The van der Waals surface area contributed by atoms with E-state index < -0.39 is 44.9 Å². The van der Waals surface area contributed by atoms with Crippen molar-refractivity contribution < 1.29 is 43.6 Å². The van der Waals surface area contributed by atoms with Crippen molar-refractivity contribution in [1.29, 1.82) is 0 Å². The van der Waals surface area contributed by atoms with Gasteiger partial charge in [0.1, 0.15) is 6.10 Å². The summed E-state index contributed by atoms with van der Waals surface area (Å²) in [5, 5.41) is 24.3. The molecule has 9 aliphatic carbocycles. The van der Waals surface area contributed by atoms with E-state index in [0.29, 0.717) is 16.9 Å². The van der Waals surface area contributed by atoms with Crippen LogP contribution >= 0.6 is 0 Å². The first-order chi connectivity index (χ1) is 31.0. The normalized spacial score (nSPS) is 51.3. The van der Waals surface area contributed by atoms with Gasteiger partial charge < -0.3 is 24.4 Å². The summed E-state index contributed by atoms with van der Waals surface area (Å²) in [5.74, 6) is -2.07. The van der Waals surface area contributed by atoms with Gasteiger partial charge in [0.2, 0.25) is 11.4 Å². The van der Waals surface area contributed by atoms with Gasteiger partial charge in [0, 0.05) is 33.4 Å². The SMILES string of the molecule is COC(=O)C1(C)CCC2(C)CCC3(C)C4=CC(=O)c5c(cc6c(c5C)OC5(O)C(=O)C=C7C(=CCC8C7(C)CCC7(C)C9CC(C)C(=O)C(O)C9(C)CCC87C)C5(C)O6)C4(C)CCC3(C)C2C1. The monoisotopic (exact) mass is 917 g/mol. The molecule has 1 aromatic rings. The Morgan fingerprint density at radius 3 is 2.12 bits per heavy atom. The van der Waals surface area contributed by atoms with Crippen molar-refractivity contribution in [1.82, 2.24) is 0 Å². The highest BCUT2D eigenvalue weighted by Crippen LogP contribution is 2.78. The highest BCUT2D eigenvalue weighted by Gasteiger charge is 2.74. The third-order valence-corrected chi connectivity index (χ3v) is 24.1. The number of carbonyl (C=O) groups excluding carboxylic acids is 4. The molecule has 9 nitrogen and oxygen atoms in total. The predicted octanol–water partition coefficient (Wildman–Crippen LogP) is 10.8. The molecular weight excluding hydrogens is 841 g/mol. The molecule has 9 heteroatoms. The lowest BCUT2D eigenvalue weighted by Gasteiger charge is -2.72. The molecule has 1 aromatic carbocycles. The van der Waals surface area contributed by atoms with Gasteiger partial charge in [0.15, 0.2) is 23.1 Å². The Morgan fingerprint density at radius 1 is 0.761 bits per heavy atom. The van der Waals surface area contributed by atoms with Gasteiger partial charge in [-0.25, -0.2) is 0 Å². The van der Waals surface area contributed by atoms with E-state index in [9.17, 15) is 29.4 Å². The summed E-state index contributed by atoms with van der Waals surface area (Å²) < 4.78 is 19.3. The number of aliphatic hydroxyl groups excluding tert-OH is 1. The van der Waals surface area contributed by atoms with Gasteiger partial charge in [-0.1, -0.05) is 68.4 Å². The maximum Gasteiger partial charge on any atom is 0.317 e. The molecule has 10 aliphatic rings. The molecule has 16 atom stereocenters. The zero-order chi connectivity index (χ0) is 48.5. The molecule has 0 aromatic heterocycles. The largest absolute Gasteiger partial charge is 0.471 e. The summed E-state index contributed by atoms with van der Waals surface area (Å²) in [5.41, 5.74) is 0.701. The number of Topliss-reactive ketones (excluding diaryl/α,β-unsaturated/α-hetero) is 1. The first-order valence-electron chi connectivity index (χ1n) is 25.9. The fourth-order valence-electron chi connectivity index (χ4n) is 19.1. The number of methoxy groups -OCH3 is 1. The molecule has 0 amide bonds. The molecule has 2 N–H and O–H groups in total. The van der Waals surface area contributed by atoms with E-state index in [1.165, 1.54) is 7.11 Å². The highest BCUT2D eigenvalue weighted by atomic mass is 16.7. The van der Waals surface area contributed by atoms with Crippen LogP contribution in [-0.4, -0.2) is 58.1 Å². The Bertz CT molecular complexity index is 2600. The molecule has 0 radical (unpaired) electrons. The molecular formula is C58H76O9. The zero-order valence-electron chi connectivity index (χ0n) is 42.6. The van der Waals surface area contributed by atoms with Gasteiger partial charge in [-0.15, -0.1) is 0 Å². The van der Waals surface area contributed by atoms with Crippen molar-refractivity contribution in [2.75, 3.05) is 7.11 Å². The third-order valence-electron chi connectivity index (χ3n) is 24.1. The number of aliphatic hydroxyl groups is 2. The van der Waals surface area contributed by atoms with Crippen LogP contribution in [0.5, 0.6) is 11.5 Å². The van der Waals surface area contributed by atoms with Gasteiger partial charge in [-0.3, -0.25) is 19.2 Å². The van der Waals surface area contributed by atoms with Crippen LogP contribution < -0.4 is 9.47 Å². The van der Waals surface area contributed by atoms with Crippen molar-refractivity contribution in [3.05, 3.63) is 57.7 Å². The first kappa shape index (κ1) is 45.9. The Labute approximate surface area is 398 Å². The summed E-state index contributed by atoms with van der Waals surface area (Å²) in [6, 6.07) is 2.01. The fraction of sp³-hybridized carbons (Fsp3) is 0.724. The van der Waals surface area contributed by atoms with Crippen molar-refractivity contribution in [3.63, 3.8) is 0 Å². The van der Waals surface area contributed by atoms with E-state index >= 15 is 0 Å². The van der Waals surface area contributed by atoms with Crippen LogP contribution in [0.1, 0.15) is 181 Å². The second-order valence-corrected chi connectivity index (χ2v) is 26.7. The Kier molecular flexibility index (Phi) is 9.06. The molecule has 362 valence electrons. The van der Waals surface area contributed by atoms with Crippen LogP contribution in [-0.2, 0) is 24.5 Å². The predicted molar refractivity (Wildman–Crippen MR) is 254 cm³/mol. The van der Waals surface area contributed by atoms with Crippen LogP contribution in [0.15, 0.2) is 41.0 Å². The number of hydrogen-bond donors (Lipinski definition) is 2. The van der Waals surface area contributed by atoms with Crippen LogP contribution in [0.3, 0.4) is 0 Å². The molecule has 11 rings (SSSR count). The molecule has 6 fully saturated rings. The average molecular weight is 917 g/mol. The summed E-state index contributed by atoms with van der Waals surface area (Å²) in [6.45, 7) is 26.6. The summed E-state index contributed by atoms with van der Waals surface area (Å²) in [7, 11) is 1.50. The van der Waals surface area contributed by atoms with Gasteiger partial charge >= 0.3 is 11.8 Å². The number of allylic oxidation sites excluding steroid dienone is 3. The number of rotatable bonds is 1. The van der Waals surface area contributed by atoms with Crippen molar-refractivity contribution in [2.24, 2.45) is 67.0 Å². The quantitative estimate of drug-likeness (QED) is 0.264. The van der Waals surface area contributed by atoms with Gasteiger partial charge in [-0.05, 0) is 189 Å².